The molecule has 0 aliphatic carbocycles. The molecule has 0 spiro atoms. The minimum Gasteiger partial charge on any atom is -0.273 e. The molecule has 0 saturated carbocycles. The lowest BCUT2D eigenvalue weighted by atomic mass is 10.3. The van der Waals surface area contributed by atoms with Crippen molar-refractivity contribution in [3.63, 3.8) is 0 Å². The largest absolute Gasteiger partial charge is 0.293 e. The van der Waals surface area contributed by atoms with E-state index in [2.05, 4.69) is 9.71 Å². The average molecular weight is 348 g/mol. The first-order chi connectivity index (χ1) is 9.81. The molecule has 21 heavy (non-hydrogen) atoms. The van der Waals surface area contributed by atoms with Gasteiger partial charge in [0.25, 0.3) is 15.7 Å². The van der Waals surface area contributed by atoms with Crippen molar-refractivity contribution in [2.24, 2.45) is 0 Å². The Balaban J connectivity index is 2.42. The van der Waals surface area contributed by atoms with Crippen LogP contribution in [0.2, 0.25) is 10.2 Å². The summed E-state index contributed by atoms with van der Waals surface area (Å²) in [6.45, 7) is 0. The van der Waals surface area contributed by atoms with Crippen LogP contribution in [0.4, 0.5) is 11.4 Å². The van der Waals surface area contributed by atoms with Crippen LogP contribution in [0, 0.1) is 10.1 Å². The molecule has 0 bridgehead atoms. The molecule has 7 nitrogen and oxygen atoms in total. The highest BCUT2D eigenvalue weighted by molar-refractivity contribution is 7.92. The molecule has 10 heteroatoms. The quantitative estimate of drug-likeness (QED) is 0.520. The van der Waals surface area contributed by atoms with Gasteiger partial charge in [-0.25, -0.2) is 13.4 Å². The van der Waals surface area contributed by atoms with Gasteiger partial charge in [-0.3, -0.25) is 14.8 Å². The fraction of sp³-hybridized carbons (Fsp3) is 0. The van der Waals surface area contributed by atoms with Crippen molar-refractivity contribution < 1.29 is 13.3 Å². The second-order valence-electron chi connectivity index (χ2n) is 3.82. The van der Waals surface area contributed by atoms with E-state index in [9.17, 15) is 18.5 Å². The van der Waals surface area contributed by atoms with Crippen LogP contribution in [-0.4, -0.2) is 18.3 Å². The number of nitrogens with one attached hydrogen (secondary N) is 1. The minimum atomic E-state index is -4.07. The van der Waals surface area contributed by atoms with Crippen molar-refractivity contribution in [1.29, 1.82) is 0 Å². The van der Waals surface area contributed by atoms with Gasteiger partial charge < -0.3 is 0 Å². The second kappa shape index (κ2) is 5.84. The molecule has 0 radical (unpaired) electrons. The molecule has 0 fully saturated rings. The zero-order chi connectivity index (χ0) is 15.6. The first-order valence-corrected chi connectivity index (χ1v) is 7.62. The molecule has 1 aromatic carbocycles. The first kappa shape index (κ1) is 15.5. The molecule has 110 valence electrons. The Morgan fingerprint density at radius 3 is 2.52 bits per heavy atom. The minimum absolute atomic E-state index is 0.0397. The van der Waals surface area contributed by atoms with Crippen molar-refractivity contribution >= 4 is 44.6 Å². The number of nitro benzene ring substituents is 1. The summed E-state index contributed by atoms with van der Waals surface area (Å²) in [5.41, 5.74) is -0.525. The average Bonchev–Trinajstić information content (AvgIpc) is 2.41. The summed E-state index contributed by atoms with van der Waals surface area (Å²) in [5, 5.41) is 10.8. The van der Waals surface area contributed by atoms with Gasteiger partial charge in [0, 0.05) is 12.3 Å². The van der Waals surface area contributed by atoms with Crippen LogP contribution < -0.4 is 4.72 Å². The van der Waals surface area contributed by atoms with Gasteiger partial charge in [0.1, 0.15) is 15.7 Å². The maximum Gasteiger partial charge on any atom is 0.293 e. The summed E-state index contributed by atoms with van der Waals surface area (Å²) < 4.78 is 26.4. The molecule has 1 aromatic heterocycles. The lowest BCUT2D eigenvalue weighted by molar-refractivity contribution is -0.383. The van der Waals surface area contributed by atoms with Gasteiger partial charge in [-0.2, -0.15) is 0 Å². The molecule has 1 N–H and O–H groups in total. The topological polar surface area (TPSA) is 102 Å². The van der Waals surface area contributed by atoms with Gasteiger partial charge in [-0.05, 0) is 12.1 Å². The van der Waals surface area contributed by atoms with E-state index in [0.717, 1.165) is 12.3 Å². The summed E-state index contributed by atoms with van der Waals surface area (Å²) in [7, 11) is -4.07. The highest BCUT2D eigenvalue weighted by Gasteiger charge is 2.21. The third kappa shape index (κ3) is 3.41. The van der Waals surface area contributed by atoms with E-state index in [4.69, 9.17) is 23.2 Å². The second-order valence-corrected chi connectivity index (χ2v) is 6.27. The third-order valence-corrected chi connectivity index (χ3v) is 4.45. The van der Waals surface area contributed by atoms with Gasteiger partial charge >= 0.3 is 0 Å². The molecule has 0 unspecified atom stereocenters. The number of para-hydroxylation sites is 2. The Labute approximate surface area is 129 Å². The van der Waals surface area contributed by atoms with E-state index in [0.29, 0.717) is 0 Å². The number of hydrogen-bond acceptors (Lipinski definition) is 5. The molecule has 0 amide bonds. The highest BCUT2D eigenvalue weighted by Crippen LogP contribution is 2.27. The molecule has 2 rings (SSSR count). The monoisotopic (exact) mass is 347 g/mol. The number of benzene rings is 1. The van der Waals surface area contributed by atoms with E-state index in [1.54, 1.807) is 0 Å². The van der Waals surface area contributed by atoms with Crippen molar-refractivity contribution in [3.8, 4) is 0 Å². The molecule has 0 aliphatic heterocycles. The summed E-state index contributed by atoms with van der Waals surface area (Å²) in [6, 6.07) is 6.47. The van der Waals surface area contributed by atoms with Crippen LogP contribution in [0.5, 0.6) is 0 Å². The first-order valence-electron chi connectivity index (χ1n) is 5.38. The number of sulfonamides is 1. The Morgan fingerprint density at radius 1 is 1.24 bits per heavy atom. The number of rotatable bonds is 4. The van der Waals surface area contributed by atoms with Gasteiger partial charge in [0.15, 0.2) is 0 Å². The molecular weight excluding hydrogens is 341 g/mol. The van der Waals surface area contributed by atoms with Crippen LogP contribution in [0.25, 0.3) is 0 Å². The summed E-state index contributed by atoms with van der Waals surface area (Å²) in [4.78, 5) is 13.5. The maximum absolute atomic E-state index is 12.2. The van der Waals surface area contributed by atoms with E-state index >= 15 is 0 Å². The standard InChI is InChI=1S/C11H7Cl2N3O4S/c12-8-5-7(6-14-11(8)13)21(19,20)15-9-3-1-2-4-10(9)16(17)18/h1-6,15H. The van der Waals surface area contributed by atoms with Crippen LogP contribution >= 0.6 is 23.2 Å². The zero-order valence-corrected chi connectivity index (χ0v) is 12.5. The summed E-state index contributed by atoms with van der Waals surface area (Å²) >= 11 is 11.3. The van der Waals surface area contributed by atoms with E-state index < -0.39 is 14.9 Å². The van der Waals surface area contributed by atoms with Crippen LogP contribution in [0.1, 0.15) is 0 Å². The van der Waals surface area contributed by atoms with Gasteiger partial charge in [-0.15, -0.1) is 0 Å². The van der Waals surface area contributed by atoms with Crippen molar-refractivity contribution in [2.75, 3.05) is 4.72 Å². The molecule has 0 aliphatic rings. The molecule has 0 saturated heterocycles. The molecule has 0 atom stereocenters. The SMILES string of the molecule is O=[N+]([O-])c1ccccc1NS(=O)(=O)c1cnc(Cl)c(Cl)c1. The highest BCUT2D eigenvalue weighted by atomic mass is 35.5. The van der Waals surface area contributed by atoms with Gasteiger partial charge in [0.2, 0.25) is 0 Å². The maximum atomic E-state index is 12.2. The number of anilines is 1. The van der Waals surface area contributed by atoms with Gasteiger partial charge in [0.05, 0.1) is 9.95 Å². The number of aromatic nitrogens is 1. The van der Waals surface area contributed by atoms with E-state index in [1.807, 2.05) is 0 Å². The Kier molecular flexibility index (Phi) is 4.31. The van der Waals surface area contributed by atoms with Crippen LogP contribution in [-0.2, 0) is 10.0 Å². The number of nitrogens with zero attached hydrogens (tertiary/aromatic N) is 2. The predicted molar refractivity (Wildman–Crippen MR) is 78.2 cm³/mol. The number of nitro groups is 1. The smallest absolute Gasteiger partial charge is 0.273 e. The van der Waals surface area contributed by atoms with Crippen molar-refractivity contribution in [2.45, 2.75) is 4.90 Å². The fourth-order valence-corrected chi connectivity index (χ4v) is 2.85. The Hall–Kier alpha value is -1.90. The molecular formula is C11H7Cl2N3O4S. The summed E-state index contributed by atoms with van der Waals surface area (Å²) in [6.07, 6.45) is 1.01. The Morgan fingerprint density at radius 2 is 1.90 bits per heavy atom. The van der Waals surface area contributed by atoms with Crippen LogP contribution in [0.3, 0.4) is 0 Å². The van der Waals surface area contributed by atoms with Gasteiger partial charge in [-0.1, -0.05) is 35.3 Å². The normalized spacial score (nSPS) is 11.1. The predicted octanol–water partition coefficient (Wildman–Crippen LogP) is 3.10. The molecule has 2 aromatic rings. The lowest BCUT2D eigenvalue weighted by Gasteiger charge is -2.08. The number of halogens is 2. The van der Waals surface area contributed by atoms with Crippen molar-refractivity contribution in [3.05, 3.63) is 56.8 Å². The fourth-order valence-electron chi connectivity index (χ4n) is 1.47. The van der Waals surface area contributed by atoms with Crippen LogP contribution in [0.15, 0.2) is 41.4 Å². The number of pyridine rings is 1. The third-order valence-electron chi connectivity index (χ3n) is 2.43. The lowest BCUT2D eigenvalue weighted by Crippen LogP contribution is -2.14. The van der Waals surface area contributed by atoms with E-state index in [-0.39, 0.29) is 26.4 Å². The summed E-state index contributed by atoms with van der Waals surface area (Å²) in [5.74, 6) is 0. The van der Waals surface area contributed by atoms with Crippen molar-refractivity contribution in [1.82, 2.24) is 4.98 Å². The van der Waals surface area contributed by atoms with E-state index in [1.165, 1.54) is 24.3 Å². The zero-order valence-electron chi connectivity index (χ0n) is 10.2. The molecule has 1 heterocycles. The number of hydrogen-bond donors (Lipinski definition) is 1. The Bertz CT molecular complexity index is 811.